The monoisotopic (exact) mass is 374 g/mol. The highest BCUT2D eigenvalue weighted by Gasteiger charge is 2.39. The maximum atomic E-state index is 14.6. The standard InChI is InChI=1S/C19H16F2N2O2S/c20-11-7-8-12(13(21)10-11)17(23-9-3-5-15(23)19(24)25)18-22-14-4-1-2-6-16(14)26-18/h1-2,4,6-8,10,15,17H,3,5,9H2,(H,24,25). The molecule has 1 saturated heterocycles. The van der Waals surface area contributed by atoms with Crippen LogP contribution in [0.1, 0.15) is 29.5 Å². The third kappa shape index (κ3) is 2.97. The third-order valence-electron chi connectivity index (χ3n) is 4.71. The fourth-order valence-electron chi connectivity index (χ4n) is 3.55. The second-order valence-corrected chi connectivity index (χ2v) is 7.38. The van der Waals surface area contributed by atoms with E-state index in [-0.39, 0.29) is 5.56 Å². The molecule has 3 aromatic rings. The summed E-state index contributed by atoms with van der Waals surface area (Å²) >= 11 is 1.41. The van der Waals surface area contributed by atoms with Gasteiger partial charge in [-0.2, -0.15) is 0 Å². The first-order valence-corrected chi connectivity index (χ1v) is 9.15. The van der Waals surface area contributed by atoms with Gasteiger partial charge >= 0.3 is 5.97 Å². The number of rotatable bonds is 4. The number of para-hydroxylation sites is 1. The number of carboxylic acid groups (broad SMARTS) is 1. The molecule has 134 valence electrons. The Morgan fingerprint density at radius 2 is 2.08 bits per heavy atom. The van der Waals surface area contributed by atoms with E-state index in [2.05, 4.69) is 4.98 Å². The molecule has 4 nitrogen and oxygen atoms in total. The van der Waals surface area contributed by atoms with E-state index >= 15 is 0 Å². The van der Waals surface area contributed by atoms with Crippen molar-refractivity contribution in [3.63, 3.8) is 0 Å². The maximum absolute atomic E-state index is 14.6. The molecule has 1 N–H and O–H groups in total. The van der Waals surface area contributed by atoms with Gasteiger partial charge in [0.15, 0.2) is 0 Å². The summed E-state index contributed by atoms with van der Waals surface area (Å²) in [4.78, 5) is 18.1. The van der Waals surface area contributed by atoms with Crippen molar-refractivity contribution in [2.45, 2.75) is 24.9 Å². The highest BCUT2D eigenvalue weighted by Crippen LogP contribution is 2.39. The SMILES string of the molecule is O=C(O)C1CCCN1C(c1nc2ccccc2s1)c1ccc(F)cc1F. The van der Waals surface area contributed by atoms with Crippen LogP contribution in [0.2, 0.25) is 0 Å². The molecule has 0 aliphatic carbocycles. The summed E-state index contributed by atoms with van der Waals surface area (Å²) in [5, 5.41) is 10.2. The number of likely N-dealkylation sites (tertiary alicyclic amines) is 1. The van der Waals surface area contributed by atoms with E-state index in [1.165, 1.54) is 23.5 Å². The van der Waals surface area contributed by atoms with Gasteiger partial charge in [-0.05, 0) is 31.0 Å². The summed E-state index contributed by atoms with van der Waals surface area (Å²) in [5.74, 6) is -2.29. The summed E-state index contributed by atoms with van der Waals surface area (Å²) in [5.41, 5.74) is 1.03. The topological polar surface area (TPSA) is 53.4 Å². The van der Waals surface area contributed by atoms with Gasteiger partial charge in [0.05, 0.1) is 16.3 Å². The van der Waals surface area contributed by atoms with Crippen molar-refractivity contribution in [1.29, 1.82) is 0 Å². The van der Waals surface area contributed by atoms with E-state index < -0.39 is 29.7 Å². The molecule has 2 aromatic carbocycles. The maximum Gasteiger partial charge on any atom is 0.320 e. The van der Waals surface area contributed by atoms with Crippen molar-refractivity contribution < 1.29 is 18.7 Å². The number of aromatic nitrogens is 1. The Morgan fingerprint density at radius 3 is 2.81 bits per heavy atom. The molecule has 1 fully saturated rings. The number of nitrogens with zero attached hydrogens (tertiary/aromatic N) is 2. The molecule has 0 radical (unpaired) electrons. The van der Waals surface area contributed by atoms with Crippen molar-refractivity contribution in [2.75, 3.05) is 6.54 Å². The molecule has 0 saturated carbocycles. The summed E-state index contributed by atoms with van der Waals surface area (Å²) in [6.45, 7) is 0.522. The number of fused-ring (bicyclic) bond motifs is 1. The van der Waals surface area contributed by atoms with Crippen LogP contribution in [0.5, 0.6) is 0 Å². The van der Waals surface area contributed by atoms with Gasteiger partial charge in [0.1, 0.15) is 22.7 Å². The average Bonchev–Trinajstić information content (AvgIpc) is 3.24. The zero-order valence-electron chi connectivity index (χ0n) is 13.7. The van der Waals surface area contributed by atoms with Gasteiger partial charge in [-0.15, -0.1) is 11.3 Å². The van der Waals surface area contributed by atoms with E-state index in [4.69, 9.17) is 0 Å². The van der Waals surface area contributed by atoms with E-state index in [0.29, 0.717) is 24.4 Å². The van der Waals surface area contributed by atoms with Gasteiger partial charge in [0, 0.05) is 18.2 Å². The second-order valence-electron chi connectivity index (χ2n) is 6.32. The predicted molar refractivity (Wildman–Crippen MR) is 95.2 cm³/mol. The normalized spacial score (nSPS) is 19.1. The summed E-state index contributed by atoms with van der Waals surface area (Å²) in [6, 6.07) is 9.61. The number of thiazole rings is 1. The van der Waals surface area contributed by atoms with Crippen LogP contribution in [0.25, 0.3) is 10.2 Å². The predicted octanol–water partition coefficient (Wildman–Crippen LogP) is 4.21. The highest BCUT2D eigenvalue weighted by atomic mass is 32.1. The third-order valence-corrected chi connectivity index (χ3v) is 5.80. The lowest BCUT2D eigenvalue weighted by atomic mass is 10.0. The van der Waals surface area contributed by atoms with E-state index in [1.54, 1.807) is 4.90 Å². The Kier molecular flexibility index (Phi) is 4.42. The molecular weight excluding hydrogens is 358 g/mol. The molecule has 0 bridgehead atoms. The molecule has 4 rings (SSSR count). The van der Waals surface area contributed by atoms with Crippen molar-refractivity contribution in [1.82, 2.24) is 9.88 Å². The molecule has 1 aliphatic heterocycles. The molecule has 0 amide bonds. The van der Waals surface area contributed by atoms with Gasteiger partial charge < -0.3 is 5.11 Å². The van der Waals surface area contributed by atoms with Crippen LogP contribution in [0.4, 0.5) is 8.78 Å². The first kappa shape index (κ1) is 17.1. The fourth-order valence-corrected chi connectivity index (χ4v) is 4.66. The highest BCUT2D eigenvalue weighted by molar-refractivity contribution is 7.18. The number of hydrogen-bond acceptors (Lipinski definition) is 4. The molecule has 1 aromatic heterocycles. The van der Waals surface area contributed by atoms with Crippen molar-refractivity contribution in [2.24, 2.45) is 0 Å². The quantitative estimate of drug-likeness (QED) is 0.743. The largest absolute Gasteiger partial charge is 0.480 e. The van der Waals surface area contributed by atoms with Crippen molar-refractivity contribution in [3.05, 3.63) is 64.7 Å². The molecule has 1 aliphatic rings. The number of hydrogen-bond donors (Lipinski definition) is 1. The first-order valence-electron chi connectivity index (χ1n) is 8.33. The lowest BCUT2D eigenvalue weighted by Crippen LogP contribution is -2.39. The van der Waals surface area contributed by atoms with Crippen LogP contribution in [0.15, 0.2) is 42.5 Å². The van der Waals surface area contributed by atoms with Crippen LogP contribution >= 0.6 is 11.3 Å². The van der Waals surface area contributed by atoms with E-state index in [1.807, 2.05) is 24.3 Å². The van der Waals surface area contributed by atoms with Gasteiger partial charge in [0.25, 0.3) is 0 Å². The Bertz CT molecular complexity index is 942. The molecule has 2 heterocycles. The van der Waals surface area contributed by atoms with Crippen molar-refractivity contribution >= 4 is 27.5 Å². The van der Waals surface area contributed by atoms with Gasteiger partial charge in [0.2, 0.25) is 0 Å². The van der Waals surface area contributed by atoms with Crippen LogP contribution in [0, 0.1) is 11.6 Å². The van der Waals surface area contributed by atoms with Crippen LogP contribution in [-0.4, -0.2) is 33.5 Å². The Balaban J connectivity index is 1.87. The number of carboxylic acids is 1. The first-order chi connectivity index (χ1) is 12.5. The van der Waals surface area contributed by atoms with E-state index in [0.717, 1.165) is 16.3 Å². The minimum absolute atomic E-state index is 0.249. The van der Waals surface area contributed by atoms with Crippen LogP contribution in [0.3, 0.4) is 0 Å². The molecular formula is C19H16F2N2O2S. The minimum Gasteiger partial charge on any atom is -0.480 e. The Morgan fingerprint density at radius 1 is 1.27 bits per heavy atom. The lowest BCUT2D eigenvalue weighted by Gasteiger charge is -2.30. The number of halogens is 2. The van der Waals surface area contributed by atoms with Gasteiger partial charge in [-0.3, -0.25) is 9.69 Å². The zero-order valence-corrected chi connectivity index (χ0v) is 14.5. The summed E-state index contributed by atoms with van der Waals surface area (Å²) in [6.07, 6.45) is 1.21. The van der Waals surface area contributed by atoms with Crippen molar-refractivity contribution in [3.8, 4) is 0 Å². The zero-order chi connectivity index (χ0) is 18.3. The Hall–Kier alpha value is -2.38. The van der Waals surface area contributed by atoms with Gasteiger partial charge in [-0.1, -0.05) is 18.2 Å². The average molecular weight is 374 g/mol. The smallest absolute Gasteiger partial charge is 0.320 e. The molecule has 7 heteroatoms. The molecule has 26 heavy (non-hydrogen) atoms. The second kappa shape index (κ2) is 6.74. The molecule has 2 atom stereocenters. The fraction of sp³-hybridized carbons (Fsp3) is 0.263. The van der Waals surface area contributed by atoms with Gasteiger partial charge in [-0.25, -0.2) is 13.8 Å². The van der Waals surface area contributed by atoms with Crippen LogP contribution < -0.4 is 0 Å². The minimum atomic E-state index is -0.934. The van der Waals surface area contributed by atoms with Crippen LogP contribution in [-0.2, 0) is 4.79 Å². The lowest BCUT2D eigenvalue weighted by molar-refractivity contribution is -0.142. The number of aliphatic carboxylic acids is 1. The summed E-state index contributed by atoms with van der Waals surface area (Å²) in [7, 11) is 0. The number of carbonyl (C=O) groups is 1. The molecule has 0 spiro atoms. The number of benzene rings is 2. The summed E-state index contributed by atoms with van der Waals surface area (Å²) < 4.78 is 28.9. The van der Waals surface area contributed by atoms with E-state index in [9.17, 15) is 18.7 Å². The molecule has 2 unspecified atom stereocenters. The Labute approximate surface area is 152 Å².